The van der Waals surface area contributed by atoms with Gasteiger partial charge in [-0.05, 0) is 45.0 Å². The number of piperidine rings is 1. The molecule has 4 heteroatoms. The molecule has 1 saturated heterocycles. The second-order valence-corrected chi connectivity index (χ2v) is 4.79. The Labute approximate surface area is 99.6 Å². The zero-order valence-electron chi connectivity index (χ0n) is 9.99. The predicted octanol–water partition coefficient (Wildman–Crippen LogP) is 1.56. The van der Waals surface area contributed by atoms with E-state index >= 15 is 0 Å². The third kappa shape index (κ3) is 1.78. The van der Waals surface area contributed by atoms with Gasteiger partial charge in [-0.25, -0.2) is 0 Å². The SMILES string of the molecule is Cc1cc2ccn(C3CCNCC3)c2c(=O)[nH]1. The Balaban J connectivity index is 2.14. The van der Waals surface area contributed by atoms with Crippen molar-refractivity contribution in [3.8, 4) is 0 Å². The van der Waals surface area contributed by atoms with E-state index in [4.69, 9.17) is 0 Å². The van der Waals surface area contributed by atoms with Crippen molar-refractivity contribution in [2.75, 3.05) is 13.1 Å². The predicted molar refractivity (Wildman–Crippen MR) is 68.4 cm³/mol. The van der Waals surface area contributed by atoms with Crippen LogP contribution < -0.4 is 10.9 Å². The average Bonchev–Trinajstić information content (AvgIpc) is 2.74. The first-order valence-corrected chi connectivity index (χ1v) is 6.17. The minimum absolute atomic E-state index is 0.0310. The van der Waals surface area contributed by atoms with Gasteiger partial charge in [0, 0.05) is 23.3 Å². The molecule has 0 bridgehead atoms. The van der Waals surface area contributed by atoms with Gasteiger partial charge in [0.05, 0.1) is 0 Å². The molecule has 0 saturated carbocycles. The Morgan fingerprint density at radius 2 is 2.12 bits per heavy atom. The molecule has 2 aromatic heterocycles. The number of fused-ring (bicyclic) bond motifs is 1. The third-order valence-corrected chi connectivity index (χ3v) is 3.55. The third-order valence-electron chi connectivity index (χ3n) is 3.55. The summed E-state index contributed by atoms with van der Waals surface area (Å²) in [6.07, 6.45) is 4.24. The molecule has 3 heterocycles. The second kappa shape index (κ2) is 4.04. The summed E-state index contributed by atoms with van der Waals surface area (Å²) >= 11 is 0. The fourth-order valence-corrected chi connectivity index (χ4v) is 2.72. The van der Waals surface area contributed by atoms with Crippen molar-refractivity contribution in [3.63, 3.8) is 0 Å². The molecule has 1 fully saturated rings. The smallest absolute Gasteiger partial charge is 0.272 e. The highest BCUT2D eigenvalue weighted by atomic mass is 16.1. The highest BCUT2D eigenvalue weighted by Gasteiger charge is 2.17. The van der Waals surface area contributed by atoms with Crippen LogP contribution in [0, 0.1) is 6.92 Å². The van der Waals surface area contributed by atoms with Gasteiger partial charge in [0.2, 0.25) is 0 Å². The number of nitrogens with zero attached hydrogens (tertiary/aromatic N) is 1. The van der Waals surface area contributed by atoms with Gasteiger partial charge in [0.15, 0.2) is 0 Å². The molecule has 1 aliphatic heterocycles. The van der Waals surface area contributed by atoms with Crippen molar-refractivity contribution in [2.45, 2.75) is 25.8 Å². The standard InChI is InChI=1S/C13H17N3O/c1-9-8-10-4-7-16(12(10)13(17)15-9)11-2-5-14-6-3-11/h4,7-8,11,14H,2-3,5-6H2,1H3,(H,15,17). The van der Waals surface area contributed by atoms with Crippen LogP contribution in [0.1, 0.15) is 24.6 Å². The summed E-state index contributed by atoms with van der Waals surface area (Å²) in [5, 5.41) is 4.40. The molecule has 0 aromatic carbocycles. The number of pyridine rings is 1. The molecule has 2 N–H and O–H groups in total. The maximum atomic E-state index is 12.0. The molecule has 0 amide bonds. The number of aromatic amines is 1. The van der Waals surface area contributed by atoms with Crippen LogP contribution in [0.4, 0.5) is 0 Å². The normalized spacial score (nSPS) is 17.7. The summed E-state index contributed by atoms with van der Waals surface area (Å²) < 4.78 is 2.15. The first-order chi connectivity index (χ1) is 8.25. The Hall–Kier alpha value is -1.55. The van der Waals surface area contributed by atoms with Crippen LogP contribution >= 0.6 is 0 Å². The van der Waals surface area contributed by atoms with Crippen molar-refractivity contribution >= 4 is 10.9 Å². The van der Waals surface area contributed by atoms with Crippen LogP contribution in [-0.4, -0.2) is 22.6 Å². The fraction of sp³-hybridized carbons (Fsp3) is 0.462. The van der Waals surface area contributed by atoms with Crippen molar-refractivity contribution in [1.82, 2.24) is 14.9 Å². The molecule has 4 nitrogen and oxygen atoms in total. The van der Waals surface area contributed by atoms with E-state index in [2.05, 4.69) is 21.1 Å². The molecule has 0 aliphatic carbocycles. The van der Waals surface area contributed by atoms with E-state index in [9.17, 15) is 4.79 Å². The lowest BCUT2D eigenvalue weighted by Gasteiger charge is -2.24. The van der Waals surface area contributed by atoms with Gasteiger partial charge >= 0.3 is 0 Å². The second-order valence-electron chi connectivity index (χ2n) is 4.79. The summed E-state index contributed by atoms with van der Waals surface area (Å²) in [6.45, 7) is 3.99. The van der Waals surface area contributed by atoms with Gasteiger partial charge in [-0.15, -0.1) is 0 Å². The molecule has 17 heavy (non-hydrogen) atoms. The lowest BCUT2D eigenvalue weighted by Crippen LogP contribution is -2.30. The Morgan fingerprint density at radius 3 is 2.88 bits per heavy atom. The summed E-state index contributed by atoms with van der Waals surface area (Å²) in [5.41, 5.74) is 1.77. The van der Waals surface area contributed by atoms with Crippen LogP contribution in [0.5, 0.6) is 0 Å². The lowest BCUT2D eigenvalue weighted by atomic mass is 10.1. The quantitative estimate of drug-likeness (QED) is 0.782. The summed E-state index contributed by atoms with van der Waals surface area (Å²) in [4.78, 5) is 14.9. The minimum atomic E-state index is 0.0310. The van der Waals surface area contributed by atoms with E-state index in [1.165, 1.54) is 0 Å². The first-order valence-electron chi connectivity index (χ1n) is 6.17. The molecule has 0 unspecified atom stereocenters. The zero-order valence-corrected chi connectivity index (χ0v) is 9.99. The van der Waals surface area contributed by atoms with Crippen LogP contribution in [0.25, 0.3) is 10.9 Å². The largest absolute Gasteiger partial charge is 0.340 e. The molecule has 2 aromatic rings. The van der Waals surface area contributed by atoms with E-state index in [0.717, 1.165) is 42.5 Å². The van der Waals surface area contributed by atoms with E-state index in [1.54, 1.807) is 0 Å². The number of aromatic nitrogens is 2. The van der Waals surface area contributed by atoms with E-state index < -0.39 is 0 Å². The number of nitrogens with one attached hydrogen (secondary N) is 2. The van der Waals surface area contributed by atoms with Crippen molar-refractivity contribution in [3.05, 3.63) is 34.4 Å². The zero-order chi connectivity index (χ0) is 11.8. The Kier molecular flexibility index (Phi) is 2.52. The molecule has 0 radical (unpaired) electrons. The summed E-state index contributed by atoms with van der Waals surface area (Å²) in [5.74, 6) is 0. The van der Waals surface area contributed by atoms with Crippen molar-refractivity contribution < 1.29 is 0 Å². The number of rotatable bonds is 1. The monoisotopic (exact) mass is 231 g/mol. The number of hydrogen-bond donors (Lipinski definition) is 2. The van der Waals surface area contributed by atoms with Gasteiger partial charge in [-0.3, -0.25) is 4.79 Å². The van der Waals surface area contributed by atoms with E-state index in [1.807, 2.05) is 19.1 Å². The van der Waals surface area contributed by atoms with E-state index in [-0.39, 0.29) is 5.56 Å². The molecule has 1 aliphatic rings. The lowest BCUT2D eigenvalue weighted by molar-refractivity contribution is 0.375. The number of H-pyrrole nitrogens is 1. The molecule has 90 valence electrons. The molecular weight excluding hydrogens is 214 g/mol. The van der Waals surface area contributed by atoms with Gasteiger partial charge in [-0.1, -0.05) is 0 Å². The number of aryl methyl sites for hydroxylation is 1. The Morgan fingerprint density at radius 1 is 1.35 bits per heavy atom. The Bertz CT molecular complexity index is 590. The van der Waals surface area contributed by atoms with Crippen LogP contribution in [0.3, 0.4) is 0 Å². The van der Waals surface area contributed by atoms with Gasteiger partial charge in [0.1, 0.15) is 5.52 Å². The molecule has 3 rings (SSSR count). The summed E-state index contributed by atoms with van der Waals surface area (Å²) in [6, 6.07) is 4.53. The first kappa shape index (κ1) is 10.6. The average molecular weight is 231 g/mol. The van der Waals surface area contributed by atoms with Gasteiger partial charge < -0.3 is 14.9 Å². The van der Waals surface area contributed by atoms with Crippen molar-refractivity contribution in [2.24, 2.45) is 0 Å². The maximum Gasteiger partial charge on any atom is 0.272 e. The van der Waals surface area contributed by atoms with Gasteiger partial charge in [-0.2, -0.15) is 0 Å². The molecular formula is C13H17N3O. The maximum absolute atomic E-state index is 12.0. The van der Waals surface area contributed by atoms with Crippen molar-refractivity contribution in [1.29, 1.82) is 0 Å². The highest BCUT2D eigenvalue weighted by molar-refractivity contribution is 5.79. The van der Waals surface area contributed by atoms with Gasteiger partial charge in [0.25, 0.3) is 5.56 Å². The van der Waals surface area contributed by atoms with Crippen LogP contribution in [-0.2, 0) is 0 Å². The topological polar surface area (TPSA) is 49.8 Å². The van der Waals surface area contributed by atoms with Crippen LogP contribution in [0.15, 0.2) is 23.1 Å². The molecule has 0 atom stereocenters. The highest BCUT2D eigenvalue weighted by Crippen LogP contribution is 2.23. The minimum Gasteiger partial charge on any atom is -0.340 e. The fourth-order valence-electron chi connectivity index (χ4n) is 2.72. The summed E-state index contributed by atoms with van der Waals surface area (Å²) in [7, 11) is 0. The molecule has 0 spiro atoms. The van der Waals surface area contributed by atoms with E-state index in [0.29, 0.717) is 6.04 Å². The van der Waals surface area contributed by atoms with Crippen LogP contribution in [0.2, 0.25) is 0 Å². The number of hydrogen-bond acceptors (Lipinski definition) is 2.